The number of nitrogens with one attached hydrogen (secondary N) is 2. The van der Waals surface area contributed by atoms with Crippen LogP contribution in [0.1, 0.15) is 39.8 Å². The number of halogens is 3. The number of anilines is 1. The van der Waals surface area contributed by atoms with Gasteiger partial charge in [0.05, 0.1) is 34.3 Å². The summed E-state index contributed by atoms with van der Waals surface area (Å²) < 4.78 is 26.5. The van der Waals surface area contributed by atoms with Crippen molar-refractivity contribution in [2.45, 2.75) is 26.6 Å². The standard InChI is InChI=1S/C30H24Cl2FN5O4/c1-3-41-23-14-17(31)13-20(32)24(23)26-19-9-4-5-10-22(19)36-29(40)27(37-26)38-28(39)25-21(33)11-12-34-30(25)42-15-18-8-6-7-16(2)35-18/h4-14,27H,3,15H2,1-2H3,(H,36,40)(H,38,39). The Morgan fingerprint density at radius 3 is 2.69 bits per heavy atom. The van der Waals surface area contributed by atoms with Gasteiger partial charge in [0.2, 0.25) is 12.0 Å². The van der Waals surface area contributed by atoms with Crippen LogP contribution >= 0.6 is 23.2 Å². The summed E-state index contributed by atoms with van der Waals surface area (Å²) in [7, 11) is 0. The van der Waals surface area contributed by atoms with Gasteiger partial charge in [-0.3, -0.25) is 14.6 Å². The van der Waals surface area contributed by atoms with Crippen molar-refractivity contribution in [2.24, 2.45) is 4.99 Å². The van der Waals surface area contributed by atoms with Crippen LogP contribution in [0.4, 0.5) is 10.1 Å². The quantitative estimate of drug-likeness (QED) is 0.263. The molecule has 42 heavy (non-hydrogen) atoms. The van der Waals surface area contributed by atoms with Gasteiger partial charge in [0, 0.05) is 22.5 Å². The number of ether oxygens (including phenoxy) is 2. The molecule has 5 rings (SSSR count). The zero-order valence-corrected chi connectivity index (χ0v) is 24.0. The molecule has 214 valence electrons. The summed E-state index contributed by atoms with van der Waals surface area (Å²) in [5.74, 6) is -2.45. The number of carbonyl (C=O) groups excluding carboxylic acids is 2. The number of aromatic nitrogens is 2. The first-order valence-corrected chi connectivity index (χ1v) is 13.6. The summed E-state index contributed by atoms with van der Waals surface area (Å²) >= 11 is 12.9. The Morgan fingerprint density at radius 1 is 1.10 bits per heavy atom. The fraction of sp³-hybridized carbons (Fsp3) is 0.167. The monoisotopic (exact) mass is 607 g/mol. The van der Waals surface area contributed by atoms with Crippen LogP contribution in [0, 0.1) is 12.7 Å². The van der Waals surface area contributed by atoms with Crippen LogP contribution in [0.2, 0.25) is 10.0 Å². The summed E-state index contributed by atoms with van der Waals surface area (Å²) in [6.07, 6.45) is -0.319. The number of hydrogen-bond acceptors (Lipinski definition) is 7. The van der Waals surface area contributed by atoms with E-state index in [1.54, 1.807) is 49.4 Å². The number of pyridine rings is 2. The minimum absolute atomic E-state index is 0.0603. The van der Waals surface area contributed by atoms with E-state index < -0.39 is 29.4 Å². The topological polar surface area (TPSA) is 115 Å². The van der Waals surface area contributed by atoms with Crippen LogP contribution < -0.4 is 20.1 Å². The lowest BCUT2D eigenvalue weighted by atomic mass is 9.99. The van der Waals surface area contributed by atoms with E-state index in [0.29, 0.717) is 39.9 Å². The first kappa shape index (κ1) is 29.0. The number of para-hydroxylation sites is 1. The third-order valence-corrected chi connectivity index (χ3v) is 6.68. The van der Waals surface area contributed by atoms with Crippen molar-refractivity contribution in [3.8, 4) is 11.6 Å². The zero-order chi connectivity index (χ0) is 29.8. The number of hydrogen-bond donors (Lipinski definition) is 2. The van der Waals surface area contributed by atoms with Gasteiger partial charge in [0.25, 0.3) is 11.8 Å². The first-order chi connectivity index (χ1) is 20.2. The Bertz CT molecular complexity index is 1720. The summed E-state index contributed by atoms with van der Waals surface area (Å²) in [5.41, 5.74) is 2.41. The molecule has 0 spiro atoms. The van der Waals surface area contributed by atoms with Gasteiger partial charge in [-0.15, -0.1) is 0 Å². The molecule has 0 saturated carbocycles. The summed E-state index contributed by atoms with van der Waals surface area (Å²) in [5, 5.41) is 5.83. The molecule has 2 amide bonds. The molecule has 0 radical (unpaired) electrons. The normalized spacial score (nSPS) is 14.3. The van der Waals surface area contributed by atoms with Crippen LogP contribution in [0.5, 0.6) is 11.6 Å². The first-order valence-electron chi connectivity index (χ1n) is 12.9. The SMILES string of the molecule is CCOc1cc(Cl)cc(Cl)c1C1=NC(NC(=O)c2c(F)ccnc2OCc2cccc(C)n2)C(=O)Nc2ccccc21. The molecule has 2 aromatic heterocycles. The summed E-state index contributed by atoms with van der Waals surface area (Å²) in [6, 6.07) is 16.4. The lowest BCUT2D eigenvalue weighted by molar-refractivity contribution is -0.117. The molecule has 2 aromatic carbocycles. The number of benzene rings is 2. The number of carbonyl (C=O) groups is 2. The van der Waals surface area contributed by atoms with Crippen molar-refractivity contribution in [1.29, 1.82) is 0 Å². The van der Waals surface area contributed by atoms with E-state index in [0.717, 1.165) is 11.8 Å². The van der Waals surface area contributed by atoms with E-state index in [9.17, 15) is 9.59 Å². The number of fused-ring (bicyclic) bond motifs is 1. The Morgan fingerprint density at radius 2 is 1.90 bits per heavy atom. The van der Waals surface area contributed by atoms with E-state index in [2.05, 4.69) is 25.6 Å². The van der Waals surface area contributed by atoms with Gasteiger partial charge in [0.1, 0.15) is 23.7 Å². The van der Waals surface area contributed by atoms with Crippen molar-refractivity contribution in [2.75, 3.05) is 11.9 Å². The molecule has 1 unspecified atom stereocenters. The minimum Gasteiger partial charge on any atom is -0.493 e. The highest BCUT2D eigenvalue weighted by Crippen LogP contribution is 2.36. The fourth-order valence-corrected chi connectivity index (χ4v) is 4.92. The van der Waals surface area contributed by atoms with Gasteiger partial charge in [-0.1, -0.05) is 47.5 Å². The van der Waals surface area contributed by atoms with E-state index >= 15 is 4.39 Å². The van der Waals surface area contributed by atoms with Crippen molar-refractivity contribution >= 4 is 46.4 Å². The molecule has 0 aliphatic carbocycles. The molecule has 2 N–H and O–H groups in total. The summed E-state index contributed by atoms with van der Waals surface area (Å²) in [4.78, 5) is 39.8. The van der Waals surface area contributed by atoms with Gasteiger partial charge in [-0.2, -0.15) is 0 Å². The second-order valence-corrected chi connectivity index (χ2v) is 9.96. The molecule has 12 heteroatoms. The van der Waals surface area contributed by atoms with Gasteiger partial charge >= 0.3 is 0 Å². The van der Waals surface area contributed by atoms with Gasteiger partial charge in [0.15, 0.2) is 0 Å². The fourth-order valence-electron chi connectivity index (χ4n) is 4.36. The van der Waals surface area contributed by atoms with Gasteiger partial charge in [-0.25, -0.2) is 14.4 Å². The maximum Gasteiger partial charge on any atom is 0.269 e. The lowest BCUT2D eigenvalue weighted by Gasteiger charge is -2.17. The average molecular weight is 608 g/mol. The molecule has 9 nitrogen and oxygen atoms in total. The molecule has 0 saturated heterocycles. The van der Waals surface area contributed by atoms with Crippen LogP contribution in [0.3, 0.4) is 0 Å². The molecule has 3 heterocycles. The van der Waals surface area contributed by atoms with E-state index in [4.69, 9.17) is 32.7 Å². The molecule has 1 aliphatic heterocycles. The summed E-state index contributed by atoms with van der Waals surface area (Å²) in [6.45, 7) is 3.86. The van der Waals surface area contributed by atoms with Crippen LogP contribution in [-0.4, -0.2) is 40.3 Å². The molecule has 1 atom stereocenters. The number of aliphatic imine (C=N–C) groups is 1. The third kappa shape index (κ3) is 6.19. The Balaban J connectivity index is 1.53. The van der Waals surface area contributed by atoms with Gasteiger partial charge < -0.3 is 20.1 Å². The Labute approximate surface area is 250 Å². The average Bonchev–Trinajstić information content (AvgIpc) is 3.08. The Hall–Kier alpha value is -4.54. The molecule has 0 bridgehead atoms. The smallest absolute Gasteiger partial charge is 0.269 e. The maximum absolute atomic E-state index is 15.0. The van der Waals surface area contributed by atoms with E-state index in [1.165, 1.54) is 12.3 Å². The van der Waals surface area contributed by atoms with Gasteiger partial charge in [-0.05, 0) is 50.2 Å². The van der Waals surface area contributed by atoms with Crippen LogP contribution in [0.25, 0.3) is 0 Å². The number of amides is 2. The van der Waals surface area contributed by atoms with E-state index in [-0.39, 0.29) is 23.2 Å². The number of aryl methyl sites for hydroxylation is 1. The predicted octanol–water partition coefficient (Wildman–Crippen LogP) is 5.75. The largest absolute Gasteiger partial charge is 0.493 e. The highest BCUT2D eigenvalue weighted by molar-refractivity contribution is 6.39. The minimum atomic E-state index is -1.49. The number of rotatable bonds is 8. The van der Waals surface area contributed by atoms with Crippen LogP contribution in [0.15, 0.2) is 71.9 Å². The molecule has 0 fully saturated rings. The van der Waals surface area contributed by atoms with Crippen LogP contribution in [-0.2, 0) is 11.4 Å². The van der Waals surface area contributed by atoms with E-state index in [1.807, 2.05) is 13.0 Å². The molecular weight excluding hydrogens is 584 g/mol. The third-order valence-electron chi connectivity index (χ3n) is 6.17. The van der Waals surface area contributed by atoms with Crippen molar-refractivity contribution in [3.05, 3.63) is 111 Å². The van der Waals surface area contributed by atoms with Crippen molar-refractivity contribution in [1.82, 2.24) is 15.3 Å². The highest BCUT2D eigenvalue weighted by atomic mass is 35.5. The number of benzodiazepines with no additional fused rings is 1. The highest BCUT2D eigenvalue weighted by Gasteiger charge is 2.31. The molecule has 4 aromatic rings. The predicted molar refractivity (Wildman–Crippen MR) is 157 cm³/mol. The molecule has 1 aliphatic rings. The molecular formula is C30H24Cl2FN5O4. The lowest BCUT2D eigenvalue weighted by Crippen LogP contribution is -2.42. The second kappa shape index (κ2) is 12.5. The van der Waals surface area contributed by atoms with Crippen molar-refractivity contribution in [3.63, 3.8) is 0 Å². The van der Waals surface area contributed by atoms with Crippen molar-refractivity contribution < 1.29 is 23.5 Å². The zero-order valence-electron chi connectivity index (χ0n) is 22.5. The maximum atomic E-state index is 15.0. The number of nitrogens with zero attached hydrogens (tertiary/aromatic N) is 3. The second-order valence-electron chi connectivity index (χ2n) is 9.11. The Kier molecular flexibility index (Phi) is 8.65.